The molecule has 0 saturated heterocycles. The Morgan fingerprint density at radius 2 is 1.09 bits per heavy atom. The van der Waals surface area contributed by atoms with Crippen LogP contribution in [0.25, 0.3) is 0 Å². The van der Waals surface area contributed by atoms with Crippen LogP contribution < -0.4 is 0 Å². The SMILES string of the molecule is CCOC(C)(OC)OC(OC(=O)c1ccncc1)(OC(C)(OC)OCC)OC(C)(OC)OCC. The molecule has 0 N–H and O–H groups in total. The lowest BCUT2D eigenvalue weighted by Crippen LogP contribution is -2.60. The van der Waals surface area contributed by atoms with E-state index in [-0.39, 0.29) is 25.4 Å². The number of ether oxygens (including phenoxy) is 10. The van der Waals surface area contributed by atoms with E-state index >= 15 is 0 Å². The number of methoxy groups -OCH3 is 3. The molecular weight excluding hydrogens is 454 g/mol. The van der Waals surface area contributed by atoms with Gasteiger partial charge in [0.2, 0.25) is 0 Å². The molecule has 1 heterocycles. The highest BCUT2D eigenvalue weighted by molar-refractivity contribution is 5.89. The zero-order chi connectivity index (χ0) is 25.9. The molecule has 1 aromatic heterocycles. The first-order valence-corrected chi connectivity index (χ1v) is 10.8. The van der Waals surface area contributed by atoms with Crippen LogP contribution in [-0.4, -0.2) is 76.2 Å². The molecule has 1 aromatic rings. The van der Waals surface area contributed by atoms with Crippen LogP contribution in [0, 0.1) is 0 Å². The Hall–Kier alpha value is -1.74. The second-order valence-corrected chi connectivity index (χ2v) is 6.93. The van der Waals surface area contributed by atoms with Crippen molar-refractivity contribution in [3.63, 3.8) is 0 Å². The number of carbonyl (C=O) groups is 1. The topological polar surface area (TPSA) is 122 Å². The Morgan fingerprint density at radius 3 is 1.38 bits per heavy atom. The fourth-order valence-corrected chi connectivity index (χ4v) is 2.64. The van der Waals surface area contributed by atoms with Gasteiger partial charge in [0.15, 0.2) is 0 Å². The standard InChI is InChI=1S/C22H37NO11/c1-10-28-19(4,25-7)32-22(33-20(5,26-8)29-11-2,34-21(6,27-9)30-12-3)31-18(24)17-13-15-23-16-14-17/h13-16H,10-12H2,1-9H3. The molecule has 1 rings (SSSR count). The van der Waals surface area contributed by atoms with Crippen molar-refractivity contribution in [3.8, 4) is 0 Å². The second-order valence-electron chi connectivity index (χ2n) is 6.93. The average Bonchev–Trinajstić information content (AvgIpc) is 2.79. The van der Waals surface area contributed by atoms with Gasteiger partial charge >= 0.3 is 12.1 Å². The number of hydrogen-bond donors (Lipinski definition) is 0. The molecule has 0 spiro atoms. The van der Waals surface area contributed by atoms with E-state index < -0.39 is 30.0 Å². The Balaban J connectivity index is 3.65. The predicted molar refractivity (Wildman–Crippen MR) is 117 cm³/mol. The highest BCUT2D eigenvalue weighted by Gasteiger charge is 2.57. The minimum atomic E-state index is -2.74. The molecule has 3 unspecified atom stereocenters. The van der Waals surface area contributed by atoms with Crippen molar-refractivity contribution in [1.29, 1.82) is 0 Å². The molecule has 12 heteroatoms. The van der Waals surface area contributed by atoms with Crippen LogP contribution in [0.5, 0.6) is 0 Å². The largest absolute Gasteiger partial charge is 0.476 e. The van der Waals surface area contributed by atoms with Crippen molar-refractivity contribution >= 4 is 5.97 Å². The Kier molecular flexibility index (Phi) is 11.9. The first-order valence-electron chi connectivity index (χ1n) is 10.8. The van der Waals surface area contributed by atoms with Crippen LogP contribution in [0.4, 0.5) is 0 Å². The highest BCUT2D eigenvalue weighted by atomic mass is 17.1. The van der Waals surface area contributed by atoms with Gasteiger partial charge in [0.1, 0.15) is 0 Å². The summed E-state index contributed by atoms with van der Waals surface area (Å²) in [7, 11) is 3.96. The van der Waals surface area contributed by atoms with E-state index in [9.17, 15) is 4.79 Å². The maximum absolute atomic E-state index is 13.1. The number of rotatable bonds is 17. The van der Waals surface area contributed by atoms with Crippen molar-refractivity contribution in [3.05, 3.63) is 30.1 Å². The molecule has 0 fully saturated rings. The van der Waals surface area contributed by atoms with Crippen molar-refractivity contribution < 1.29 is 52.2 Å². The molecule has 196 valence electrons. The quantitative estimate of drug-likeness (QED) is 0.235. The second kappa shape index (κ2) is 13.4. The molecule has 3 atom stereocenters. The molecule has 12 nitrogen and oxygen atoms in total. The number of pyridine rings is 1. The van der Waals surface area contributed by atoms with Crippen molar-refractivity contribution in [2.45, 2.75) is 65.6 Å². The van der Waals surface area contributed by atoms with Gasteiger partial charge in [0.25, 0.3) is 17.9 Å². The summed E-state index contributed by atoms with van der Waals surface area (Å²) in [6, 6.07) is 2.86. The van der Waals surface area contributed by atoms with Gasteiger partial charge in [-0.05, 0) is 32.9 Å². The maximum Gasteiger partial charge on any atom is 0.476 e. The average molecular weight is 492 g/mol. The summed E-state index contributed by atoms with van der Waals surface area (Å²) in [6.07, 6.45) is 0.0959. The molecule has 0 aliphatic rings. The van der Waals surface area contributed by atoms with Gasteiger partial charge in [-0.25, -0.2) is 19.0 Å². The number of hydrogen-bond acceptors (Lipinski definition) is 12. The molecule has 0 saturated carbocycles. The van der Waals surface area contributed by atoms with Gasteiger partial charge in [-0.15, -0.1) is 0 Å². The number of nitrogens with zero attached hydrogens (tertiary/aromatic N) is 1. The summed E-state index contributed by atoms with van der Waals surface area (Å²) >= 11 is 0. The van der Waals surface area contributed by atoms with Crippen molar-refractivity contribution in [2.75, 3.05) is 41.2 Å². The Morgan fingerprint density at radius 1 is 0.735 bits per heavy atom. The van der Waals surface area contributed by atoms with Crippen molar-refractivity contribution in [2.24, 2.45) is 0 Å². The zero-order valence-electron chi connectivity index (χ0n) is 21.4. The summed E-state index contributed by atoms with van der Waals surface area (Å²) < 4.78 is 56.2. The first-order chi connectivity index (χ1) is 16.0. The van der Waals surface area contributed by atoms with E-state index in [1.807, 2.05) is 0 Å². The van der Waals surface area contributed by atoms with Crippen LogP contribution in [0.2, 0.25) is 0 Å². The minimum Gasteiger partial charge on any atom is -0.380 e. The summed E-state index contributed by atoms with van der Waals surface area (Å²) in [5.74, 6) is -6.37. The van der Waals surface area contributed by atoms with E-state index in [1.165, 1.54) is 66.6 Å². The van der Waals surface area contributed by atoms with Crippen LogP contribution >= 0.6 is 0 Å². The fraction of sp³-hybridized carbons (Fsp3) is 0.727. The highest BCUT2D eigenvalue weighted by Crippen LogP contribution is 2.36. The summed E-state index contributed by atoms with van der Waals surface area (Å²) in [4.78, 5) is 17.0. The lowest BCUT2D eigenvalue weighted by molar-refractivity contribution is -0.634. The van der Waals surface area contributed by atoms with Crippen LogP contribution in [0.1, 0.15) is 51.9 Å². The normalized spacial score (nSPS) is 18.9. The molecule has 0 aliphatic carbocycles. The van der Waals surface area contributed by atoms with Crippen molar-refractivity contribution in [1.82, 2.24) is 4.98 Å². The van der Waals surface area contributed by atoms with E-state index in [0.717, 1.165) is 0 Å². The molecule has 0 radical (unpaired) electrons. The van der Waals surface area contributed by atoms with Crippen LogP contribution in [-0.2, 0) is 47.4 Å². The van der Waals surface area contributed by atoms with Gasteiger partial charge in [-0.2, -0.15) is 0 Å². The summed E-state index contributed by atoms with van der Waals surface area (Å²) in [6.45, 7) is 9.91. The third-order valence-electron chi connectivity index (χ3n) is 4.40. The van der Waals surface area contributed by atoms with Crippen LogP contribution in [0.3, 0.4) is 0 Å². The smallest absolute Gasteiger partial charge is 0.380 e. The zero-order valence-corrected chi connectivity index (χ0v) is 21.4. The molecule has 0 aliphatic heterocycles. The number of esters is 1. The summed E-state index contributed by atoms with van der Waals surface area (Å²) in [5, 5.41) is 0. The third kappa shape index (κ3) is 8.80. The maximum atomic E-state index is 13.1. The van der Waals surface area contributed by atoms with Gasteiger partial charge < -0.3 is 33.2 Å². The molecule has 0 amide bonds. The summed E-state index contributed by atoms with van der Waals surface area (Å²) in [5.41, 5.74) is 0.122. The van der Waals surface area contributed by atoms with Gasteiger partial charge in [0, 0.05) is 74.3 Å². The molecule has 0 bridgehead atoms. The van der Waals surface area contributed by atoms with Gasteiger partial charge in [0.05, 0.1) is 5.56 Å². The lowest BCUT2D eigenvalue weighted by atomic mass is 10.3. The Labute approximate surface area is 200 Å². The minimum absolute atomic E-state index is 0.122. The number of carbonyl (C=O) groups excluding carboxylic acids is 1. The Bertz CT molecular complexity index is 682. The lowest BCUT2D eigenvalue weighted by Gasteiger charge is -2.44. The predicted octanol–water partition coefficient (Wildman–Crippen LogP) is 2.97. The van der Waals surface area contributed by atoms with E-state index in [2.05, 4.69) is 4.98 Å². The monoisotopic (exact) mass is 491 g/mol. The fourth-order valence-electron chi connectivity index (χ4n) is 2.64. The van der Waals surface area contributed by atoms with E-state index in [1.54, 1.807) is 20.8 Å². The van der Waals surface area contributed by atoms with Gasteiger partial charge in [-0.3, -0.25) is 4.98 Å². The van der Waals surface area contributed by atoms with E-state index in [4.69, 9.17) is 47.4 Å². The van der Waals surface area contributed by atoms with E-state index in [0.29, 0.717) is 0 Å². The molecular formula is C22H37NO11. The first kappa shape index (κ1) is 30.3. The molecule has 0 aromatic carbocycles. The molecule has 34 heavy (non-hydrogen) atoms. The number of aromatic nitrogens is 1. The van der Waals surface area contributed by atoms with Crippen LogP contribution in [0.15, 0.2) is 24.5 Å². The van der Waals surface area contributed by atoms with Gasteiger partial charge in [-0.1, -0.05) is 0 Å². The third-order valence-corrected chi connectivity index (χ3v) is 4.40.